The van der Waals surface area contributed by atoms with Crippen molar-refractivity contribution >= 4 is 34.6 Å². The first-order valence-electron chi connectivity index (χ1n) is 14.8. The molecular formula is C34H33N5O6. The van der Waals surface area contributed by atoms with Crippen molar-refractivity contribution in [1.29, 1.82) is 0 Å². The normalized spacial score (nSPS) is 19.8. The van der Waals surface area contributed by atoms with Gasteiger partial charge in [-0.1, -0.05) is 72.8 Å². The third-order valence-corrected chi connectivity index (χ3v) is 8.14. The maximum atomic E-state index is 14.1. The van der Waals surface area contributed by atoms with Gasteiger partial charge in [0, 0.05) is 31.8 Å². The summed E-state index contributed by atoms with van der Waals surface area (Å²) < 4.78 is 5.79. The second-order valence-electron chi connectivity index (χ2n) is 11.1. The van der Waals surface area contributed by atoms with Gasteiger partial charge in [-0.25, -0.2) is 4.79 Å². The van der Waals surface area contributed by atoms with Crippen LogP contribution in [0, 0.1) is 0 Å². The summed E-state index contributed by atoms with van der Waals surface area (Å²) in [5.74, 6) is -1.37. The second-order valence-corrected chi connectivity index (χ2v) is 11.1. The van der Waals surface area contributed by atoms with E-state index in [1.165, 1.54) is 4.90 Å². The largest absolute Gasteiger partial charge is 0.443 e. The van der Waals surface area contributed by atoms with Gasteiger partial charge in [0.05, 0.1) is 6.54 Å². The van der Waals surface area contributed by atoms with Gasteiger partial charge in [-0.05, 0) is 46.0 Å². The summed E-state index contributed by atoms with van der Waals surface area (Å²) in [6.07, 6.45) is 0.307. The van der Waals surface area contributed by atoms with Gasteiger partial charge in [-0.3, -0.25) is 24.2 Å². The summed E-state index contributed by atoms with van der Waals surface area (Å²) in [6.45, 7) is 0.193. The molecule has 4 amide bonds. The van der Waals surface area contributed by atoms with Gasteiger partial charge < -0.3 is 20.3 Å². The molecular weight excluding hydrogens is 574 g/mol. The Balaban J connectivity index is 1.33. The molecule has 11 heteroatoms. The highest BCUT2D eigenvalue weighted by Gasteiger charge is 2.53. The second kappa shape index (κ2) is 13.1. The number of hydrogen-bond donors (Lipinski definition) is 1. The zero-order valence-electron chi connectivity index (χ0n) is 24.5. The monoisotopic (exact) mass is 607 g/mol. The fourth-order valence-corrected chi connectivity index (χ4v) is 5.93. The Labute approximate surface area is 260 Å². The highest BCUT2D eigenvalue weighted by molar-refractivity contribution is 5.92. The molecule has 4 aromatic rings. The predicted molar refractivity (Wildman–Crippen MR) is 163 cm³/mol. The quantitative estimate of drug-likeness (QED) is 0.307. The third-order valence-electron chi connectivity index (χ3n) is 8.14. The Morgan fingerprint density at radius 1 is 0.889 bits per heavy atom. The fraction of sp³-hybridized carbons (Fsp3) is 0.265. The lowest BCUT2D eigenvalue weighted by molar-refractivity contribution is -0.268. The van der Waals surface area contributed by atoms with Crippen molar-refractivity contribution in [2.45, 2.75) is 50.7 Å². The molecule has 0 unspecified atom stereocenters. The van der Waals surface area contributed by atoms with Crippen LogP contribution in [0.2, 0.25) is 0 Å². The topological polar surface area (TPSA) is 135 Å². The molecule has 3 atom stereocenters. The SMILES string of the molecule is NC(=O)CC[C@@H]1ON(C(=O)OCc2cccc3ccccc23)[C@H]2CN(Cc3ccncc3)C(=O)[C@H](Cc3ccccc3)N2C1=O. The van der Waals surface area contributed by atoms with E-state index in [9.17, 15) is 19.2 Å². The Bertz CT molecular complexity index is 1700. The van der Waals surface area contributed by atoms with Crippen molar-refractivity contribution in [3.05, 3.63) is 114 Å². The smallest absolute Gasteiger partial charge is 0.436 e. The number of hydroxylamine groups is 2. The molecule has 2 N–H and O–H groups in total. The molecule has 6 rings (SSSR count). The van der Waals surface area contributed by atoms with Crippen LogP contribution in [0.15, 0.2) is 97.3 Å². The minimum atomic E-state index is -1.21. The molecule has 0 bridgehead atoms. The summed E-state index contributed by atoms with van der Waals surface area (Å²) in [6, 6.07) is 25.6. The zero-order chi connectivity index (χ0) is 31.3. The molecule has 2 saturated heterocycles. The number of hydrogen-bond acceptors (Lipinski definition) is 7. The van der Waals surface area contributed by atoms with Crippen molar-refractivity contribution in [1.82, 2.24) is 19.8 Å². The summed E-state index contributed by atoms with van der Waals surface area (Å²) in [7, 11) is 0. The Hall–Kier alpha value is -5.29. The number of benzene rings is 3. The van der Waals surface area contributed by atoms with Crippen LogP contribution in [0.25, 0.3) is 10.8 Å². The molecule has 2 fully saturated rings. The van der Waals surface area contributed by atoms with E-state index in [0.717, 1.165) is 32.5 Å². The average Bonchev–Trinajstić information content (AvgIpc) is 3.06. The number of nitrogens with two attached hydrogens (primary N) is 1. The summed E-state index contributed by atoms with van der Waals surface area (Å²) in [4.78, 5) is 66.6. The Morgan fingerprint density at radius 2 is 1.62 bits per heavy atom. The summed E-state index contributed by atoms with van der Waals surface area (Å²) in [5.41, 5.74) is 7.89. The molecule has 0 aliphatic carbocycles. The number of carbonyl (C=O) groups excluding carboxylic acids is 4. The molecule has 45 heavy (non-hydrogen) atoms. The number of aromatic nitrogens is 1. The maximum absolute atomic E-state index is 14.1. The highest BCUT2D eigenvalue weighted by atomic mass is 16.7. The predicted octanol–water partition coefficient (Wildman–Crippen LogP) is 3.56. The minimum Gasteiger partial charge on any atom is -0.443 e. The molecule has 1 aromatic heterocycles. The zero-order valence-corrected chi connectivity index (χ0v) is 24.5. The van der Waals surface area contributed by atoms with E-state index in [4.69, 9.17) is 15.3 Å². The van der Waals surface area contributed by atoms with Gasteiger partial charge in [0.1, 0.15) is 12.6 Å². The number of rotatable bonds is 9. The lowest BCUT2D eigenvalue weighted by atomic mass is 9.97. The van der Waals surface area contributed by atoms with Crippen LogP contribution in [0.5, 0.6) is 0 Å². The number of piperazine rings is 1. The van der Waals surface area contributed by atoms with Crippen LogP contribution in [-0.2, 0) is 43.5 Å². The van der Waals surface area contributed by atoms with Gasteiger partial charge in [0.15, 0.2) is 12.3 Å². The maximum Gasteiger partial charge on any atom is 0.436 e. The Morgan fingerprint density at radius 3 is 2.40 bits per heavy atom. The molecule has 2 aliphatic heterocycles. The highest BCUT2D eigenvalue weighted by Crippen LogP contribution is 2.32. The van der Waals surface area contributed by atoms with E-state index in [1.54, 1.807) is 17.3 Å². The number of nitrogens with zero attached hydrogens (tertiary/aromatic N) is 4. The molecule has 11 nitrogen and oxygen atoms in total. The first-order valence-corrected chi connectivity index (χ1v) is 14.8. The molecule has 2 aliphatic rings. The summed E-state index contributed by atoms with van der Waals surface area (Å²) in [5, 5.41) is 2.99. The number of fused-ring (bicyclic) bond motifs is 2. The first kappa shape index (κ1) is 29.8. The molecule has 0 spiro atoms. The number of ether oxygens (including phenoxy) is 1. The molecule has 3 heterocycles. The van der Waals surface area contributed by atoms with Crippen LogP contribution < -0.4 is 5.73 Å². The van der Waals surface area contributed by atoms with Gasteiger partial charge in [0.25, 0.3) is 5.91 Å². The van der Waals surface area contributed by atoms with E-state index in [0.29, 0.717) is 0 Å². The van der Waals surface area contributed by atoms with Crippen LogP contribution in [0.4, 0.5) is 4.79 Å². The Kier molecular flexibility index (Phi) is 8.70. The number of amides is 4. The summed E-state index contributed by atoms with van der Waals surface area (Å²) >= 11 is 0. The van der Waals surface area contributed by atoms with E-state index in [2.05, 4.69) is 4.98 Å². The molecule has 0 saturated carbocycles. The fourth-order valence-electron chi connectivity index (χ4n) is 5.93. The van der Waals surface area contributed by atoms with Gasteiger partial charge in [-0.2, -0.15) is 5.06 Å². The number of primary amides is 1. The minimum absolute atomic E-state index is 0.00983. The van der Waals surface area contributed by atoms with Crippen molar-refractivity contribution in [2.24, 2.45) is 5.73 Å². The van der Waals surface area contributed by atoms with Gasteiger partial charge >= 0.3 is 6.09 Å². The van der Waals surface area contributed by atoms with Crippen LogP contribution in [0.1, 0.15) is 29.5 Å². The van der Waals surface area contributed by atoms with Crippen molar-refractivity contribution < 1.29 is 28.8 Å². The van der Waals surface area contributed by atoms with Crippen molar-refractivity contribution in [3.63, 3.8) is 0 Å². The average molecular weight is 608 g/mol. The van der Waals surface area contributed by atoms with E-state index in [-0.39, 0.29) is 44.9 Å². The lowest BCUT2D eigenvalue weighted by Crippen LogP contribution is -2.73. The third kappa shape index (κ3) is 6.48. The number of pyridine rings is 1. The van der Waals surface area contributed by atoms with E-state index >= 15 is 0 Å². The van der Waals surface area contributed by atoms with E-state index in [1.807, 2.05) is 84.9 Å². The molecule has 3 aromatic carbocycles. The van der Waals surface area contributed by atoms with Gasteiger partial charge in [0.2, 0.25) is 11.8 Å². The van der Waals surface area contributed by atoms with Gasteiger partial charge in [-0.15, -0.1) is 0 Å². The molecule has 0 radical (unpaired) electrons. The van der Waals surface area contributed by atoms with Crippen LogP contribution in [-0.4, -0.2) is 68.5 Å². The molecule has 230 valence electrons. The van der Waals surface area contributed by atoms with Crippen LogP contribution in [0.3, 0.4) is 0 Å². The standard InChI is InChI=1S/C34H33N5O6/c35-30(40)14-13-29-33(42)38-28(19-23-7-2-1-3-8-23)32(41)37(20-24-15-17-36-18-16-24)21-31(38)39(45-29)34(43)44-22-26-11-6-10-25-9-4-5-12-27(25)26/h1-12,15-18,28-29,31H,13-14,19-22H2,(H2,35,40)/t28-,29-,31-/m0/s1. The van der Waals surface area contributed by atoms with Crippen molar-refractivity contribution in [2.75, 3.05) is 6.54 Å². The van der Waals surface area contributed by atoms with Crippen LogP contribution >= 0.6 is 0 Å². The lowest BCUT2D eigenvalue weighted by Gasteiger charge is -2.52. The number of carbonyl (C=O) groups is 4. The van der Waals surface area contributed by atoms with Crippen molar-refractivity contribution in [3.8, 4) is 0 Å². The first-order chi connectivity index (χ1) is 21.9. The van der Waals surface area contributed by atoms with E-state index < -0.39 is 36.2 Å².